The second kappa shape index (κ2) is 9.99. The summed E-state index contributed by atoms with van der Waals surface area (Å²) in [6.45, 7) is 5.45. The number of hydrogen-bond donors (Lipinski definition) is 2. The zero-order valence-electron chi connectivity index (χ0n) is 18.6. The molecule has 5 nitrogen and oxygen atoms in total. The Kier molecular flexibility index (Phi) is 7.37. The highest BCUT2D eigenvalue weighted by Crippen LogP contribution is 2.37. The minimum Gasteiger partial charge on any atom is -0.481 e. The Morgan fingerprint density at radius 3 is 2.19 bits per heavy atom. The minimum absolute atomic E-state index is 0.308. The number of carboxylic acids is 1. The van der Waals surface area contributed by atoms with Crippen LogP contribution in [0.3, 0.4) is 0 Å². The topological polar surface area (TPSA) is 75.6 Å². The Hall–Kier alpha value is -2.82. The van der Waals surface area contributed by atoms with Gasteiger partial charge >= 0.3 is 12.1 Å². The van der Waals surface area contributed by atoms with E-state index in [1.807, 2.05) is 51.1 Å². The van der Waals surface area contributed by atoms with Crippen LogP contribution in [0.5, 0.6) is 0 Å². The van der Waals surface area contributed by atoms with E-state index in [2.05, 4.69) is 29.6 Å². The molecule has 2 aromatic carbocycles. The molecule has 1 aliphatic carbocycles. The maximum Gasteiger partial charge on any atom is 0.407 e. The molecule has 0 aliphatic heterocycles. The van der Waals surface area contributed by atoms with Crippen molar-refractivity contribution in [2.45, 2.75) is 64.5 Å². The van der Waals surface area contributed by atoms with E-state index >= 15 is 0 Å². The number of rotatable bonds is 9. The average molecular weight is 424 g/mol. The summed E-state index contributed by atoms with van der Waals surface area (Å²) in [4.78, 5) is 24.2. The van der Waals surface area contributed by atoms with Gasteiger partial charge < -0.3 is 15.2 Å². The molecule has 2 aromatic rings. The predicted molar refractivity (Wildman–Crippen MR) is 122 cm³/mol. The van der Waals surface area contributed by atoms with Crippen molar-refractivity contribution in [3.8, 4) is 11.1 Å². The second-order valence-corrected chi connectivity index (χ2v) is 9.56. The lowest BCUT2D eigenvalue weighted by atomic mass is 9.91. The van der Waals surface area contributed by atoms with Crippen LogP contribution in [-0.4, -0.2) is 28.8 Å². The van der Waals surface area contributed by atoms with E-state index < -0.39 is 23.6 Å². The van der Waals surface area contributed by atoms with E-state index in [0.717, 1.165) is 29.5 Å². The summed E-state index contributed by atoms with van der Waals surface area (Å²) in [6, 6.07) is 18.1. The number of carbonyl (C=O) groups excluding carboxylic acids is 1. The molecule has 0 bridgehead atoms. The first-order valence-electron chi connectivity index (χ1n) is 11.1. The number of carbonyl (C=O) groups is 2. The molecule has 0 saturated heterocycles. The van der Waals surface area contributed by atoms with Gasteiger partial charge in [-0.25, -0.2) is 4.79 Å². The van der Waals surface area contributed by atoms with Crippen molar-refractivity contribution in [1.29, 1.82) is 0 Å². The molecule has 2 atom stereocenters. The molecule has 0 spiro atoms. The van der Waals surface area contributed by atoms with E-state index in [-0.39, 0.29) is 6.04 Å². The van der Waals surface area contributed by atoms with Gasteiger partial charge in [0.2, 0.25) is 0 Å². The largest absolute Gasteiger partial charge is 0.481 e. The van der Waals surface area contributed by atoms with E-state index in [4.69, 9.17) is 4.74 Å². The summed E-state index contributed by atoms with van der Waals surface area (Å²) < 4.78 is 5.42. The third-order valence-electron chi connectivity index (χ3n) is 5.50. The molecule has 1 aliphatic rings. The number of nitrogens with one attached hydrogen (secondary N) is 1. The normalized spacial score (nSPS) is 15.7. The van der Waals surface area contributed by atoms with Gasteiger partial charge in [0.1, 0.15) is 5.60 Å². The number of benzene rings is 2. The first-order chi connectivity index (χ1) is 14.7. The van der Waals surface area contributed by atoms with Gasteiger partial charge in [0.25, 0.3) is 0 Å². The summed E-state index contributed by atoms with van der Waals surface area (Å²) in [5.74, 6) is -0.744. The highest BCUT2D eigenvalue weighted by Gasteiger charge is 2.32. The van der Waals surface area contributed by atoms with Crippen LogP contribution in [0.4, 0.5) is 4.79 Å². The van der Waals surface area contributed by atoms with Crippen molar-refractivity contribution in [3.05, 3.63) is 60.2 Å². The molecule has 166 valence electrons. The Labute approximate surface area is 184 Å². The summed E-state index contributed by atoms with van der Waals surface area (Å²) in [7, 11) is 0. The maximum absolute atomic E-state index is 12.4. The van der Waals surface area contributed by atoms with E-state index in [1.54, 1.807) is 0 Å². The Morgan fingerprint density at radius 1 is 1.03 bits per heavy atom. The van der Waals surface area contributed by atoms with Gasteiger partial charge in [-0.3, -0.25) is 4.79 Å². The molecule has 1 saturated carbocycles. The average Bonchev–Trinajstić information content (AvgIpc) is 3.51. The predicted octanol–water partition coefficient (Wildman–Crippen LogP) is 5.68. The molecule has 0 radical (unpaired) electrons. The lowest BCUT2D eigenvalue weighted by Crippen LogP contribution is -2.42. The lowest BCUT2D eigenvalue weighted by Gasteiger charge is -2.25. The van der Waals surface area contributed by atoms with Gasteiger partial charge in [0, 0.05) is 6.04 Å². The first-order valence-corrected chi connectivity index (χ1v) is 11.1. The first kappa shape index (κ1) is 22.9. The van der Waals surface area contributed by atoms with Gasteiger partial charge in [-0.1, -0.05) is 67.4 Å². The molecular formula is C26H33NO4. The Bertz CT molecular complexity index is 867. The molecule has 1 fully saturated rings. The SMILES string of the molecule is CC(C)(C)OC(=O)NC(Cc1ccc(-c2ccccc2)cc1)C[C@@H](CC1CC1)C(=O)O. The molecule has 5 heteroatoms. The third kappa shape index (κ3) is 7.74. The van der Waals surface area contributed by atoms with Gasteiger partial charge in [-0.05, 0) is 62.6 Å². The van der Waals surface area contributed by atoms with Crippen molar-refractivity contribution < 1.29 is 19.4 Å². The lowest BCUT2D eigenvalue weighted by molar-refractivity contribution is -0.142. The summed E-state index contributed by atoms with van der Waals surface area (Å²) in [5, 5.41) is 12.6. The van der Waals surface area contributed by atoms with Crippen LogP contribution in [0.1, 0.15) is 52.0 Å². The smallest absolute Gasteiger partial charge is 0.407 e. The van der Waals surface area contributed by atoms with Crippen LogP contribution in [0.15, 0.2) is 54.6 Å². The number of alkyl carbamates (subject to hydrolysis) is 1. The quantitative estimate of drug-likeness (QED) is 0.544. The molecular weight excluding hydrogens is 390 g/mol. The molecule has 0 heterocycles. The standard InChI is InChI=1S/C26H33NO4/c1-26(2,3)31-25(30)27-23(17-22(24(28)29)15-18-9-10-18)16-19-11-13-21(14-12-19)20-7-5-4-6-8-20/h4-8,11-14,18,22-23H,9-10,15-17H2,1-3H3,(H,27,30)(H,28,29)/t22-,23?/m1/s1. The van der Waals surface area contributed by atoms with Crippen LogP contribution in [0.2, 0.25) is 0 Å². The van der Waals surface area contributed by atoms with Crippen LogP contribution >= 0.6 is 0 Å². The van der Waals surface area contributed by atoms with Crippen LogP contribution in [-0.2, 0) is 16.0 Å². The second-order valence-electron chi connectivity index (χ2n) is 9.56. The fraction of sp³-hybridized carbons (Fsp3) is 0.462. The van der Waals surface area contributed by atoms with Crippen molar-refractivity contribution in [1.82, 2.24) is 5.32 Å². The van der Waals surface area contributed by atoms with E-state index in [0.29, 0.717) is 25.2 Å². The summed E-state index contributed by atoms with van der Waals surface area (Å²) >= 11 is 0. The van der Waals surface area contributed by atoms with Gasteiger partial charge in [0.15, 0.2) is 0 Å². The minimum atomic E-state index is -0.790. The summed E-state index contributed by atoms with van der Waals surface area (Å²) in [6.07, 6.45) is 3.33. The molecule has 0 aromatic heterocycles. The van der Waals surface area contributed by atoms with Crippen molar-refractivity contribution in [3.63, 3.8) is 0 Å². The van der Waals surface area contributed by atoms with Crippen LogP contribution in [0, 0.1) is 11.8 Å². The van der Waals surface area contributed by atoms with E-state index in [9.17, 15) is 14.7 Å². The monoisotopic (exact) mass is 423 g/mol. The van der Waals surface area contributed by atoms with Crippen molar-refractivity contribution in [2.75, 3.05) is 0 Å². The molecule has 2 N–H and O–H groups in total. The number of ether oxygens (including phenoxy) is 1. The van der Waals surface area contributed by atoms with Gasteiger partial charge in [-0.2, -0.15) is 0 Å². The Morgan fingerprint density at radius 2 is 1.65 bits per heavy atom. The summed E-state index contributed by atoms with van der Waals surface area (Å²) in [5.41, 5.74) is 2.72. The molecule has 3 rings (SSSR count). The number of aliphatic carboxylic acids is 1. The third-order valence-corrected chi connectivity index (χ3v) is 5.50. The number of hydrogen-bond acceptors (Lipinski definition) is 3. The maximum atomic E-state index is 12.4. The highest BCUT2D eigenvalue weighted by molar-refractivity contribution is 5.71. The molecule has 1 amide bonds. The van der Waals surface area contributed by atoms with Crippen LogP contribution in [0.25, 0.3) is 11.1 Å². The van der Waals surface area contributed by atoms with Gasteiger partial charge in [0.05, 0.1) is 5.92 Å². The number of carboxylic acid groups (broad SMARTS) is 1. The van der Waals surface area contributed by atoms with Crippen molar-refractivity contribution >= 4 is 12.1 Å². The highest BCUT2D eigenvalue weighted by atomic mass is 16.6. The molecule has 1 unspecified atom stereocenters. The number of amides is 1. The Balaban J connectivity index is 1.71. The fourth-order valence-corrected chi connectivity index (χ4v) is 3.81. The molecule has 31 heavy (non-hydrogen) atoms. The van der Waals surface area contributed by atoms with E-state index in [1.165, 1.54) is 0 Å². The zero-order chi connectivity index (χ0) is 22.4. The fourth-order valence-electron chi connectivity index (χ4n) is 3.81. The van der Waals surface area contributed by atoms with Crippen molar-refractivity contribution in [2.24, 2.45) is 11.8 Å². The van der Waals surface area contributed by atoms with Gasteiger partial charge in [-0.15, -0.1) is 0 Å². The van der Waals surface area contributed by atoms with Crippen LogP contribution < -0.4 is 5.32 Å². The zero-order valence-corrected chi connectivity index (χ0v) is 18.6.